The predicted octanol–water partition coefficient (Wildman–Crippen LogP) is 6.38. The van der Waals surface area contributed by atoms with E-state index in [1.807, 2.05) is 49.9 Å². The van der Waals surface area contributed by atoms with Gasteiger partial charge in [-0.15, -0.1) is 11.8 Å². The van der Waals surface area contributed by atoms with E-state index in [0.29, 0.717) is 0 Å². The minimum Gasteiger partial charge on any atom is -0.390 e. The van der Waals surface area contributed by atoms with Crippen LogP contribution in [0.1, 0.15) is 41.7 Å². The van der Waals surface area contributed by atoms with Gasteiger partial charge in [0.05, 0.1) is 5.60 Å². The summed E-state index contributed by atoms with van der Waals surface area (Å²) in [6, 6.07) is 29.5. The second kappa shape index (κ2) is 8.11. The average Bonchev–Trinajstić information content (AvgIpc) is 2.63. The molecule has 134 valence electrons. The molecule has 0 amide bonds. The van der Waals surface area contributed by atoms with Crippen molar-refractivity contribution < 1.29 is 5.11 Å². The van der Waals surface area contributed by atoms with Gasteiger partial charge in [-0.2, -0.15) is 0 Å². The summed E-state index contributed by atoms with van der Waals surface area (Å²) in [5.74, 6) is -0.0302. The third-order valence-electron chi connectivity index (χ3n) is 4.63. The van der Waals surface area contributed by atoms with Crippen molar-refractivity contribution in [2.45, 2.75) is 42.4 Å². The van der Waals surface area contributed by atoms with Gasteiger partial charge < -0.3 is 5.11 Å². The number of hydrogen-bond acceptors (Lipinski definition) is 2. The first-order valence-corrected chi connectivity index (χ1v) is 9.89. The van der Waals surface area contributed by atoms with Gasteiger partial charge in [0, 0.05) is 16.1 Å². The van der Waals surface area contributed by atoms with Crippen LogP contribution in [0.15, 0.2) is 89.8 Å². The number of thioether (sulfide) groups is 1. The Labute approximate surface area is 161 Å². The minimum atomic E-state index is -0.848. The fourth-order valence-corrected chi connectivity index (χ4v) is 4.85. The monoisotopic (exact) mass is 362 g/mol. The molecule has 0 bridgehead atoms. The van der Waals surface area contributed by atoms with Crippen LogP contribution in [-0.4, -0.2) is 10.7 Å². The first-order chi connectivity index (χ1) is 12.4. The minimum absolute atomic E-state index is 0.0302. The van der Waals surface area contributed by atoms with E-state index < -0.39 is 5.60 Å². The summed E-state index contributed by atoms with van der Waals surface area (Å²) in [6.07, 6.45) is 0. The molecule has 0 saturated carbocycles. The topological polar surface area (TPSA) is 20.2 Å². The Hall–Kier alpha value is -2.03. The molecule has 0 fully saturated rings. The third kappa shape index (κ3) is 4.57. The summed E-state index contributed by atoms with van der Waals surface area (Å²) in [6.45, 7) is 5.93. The van der Waals surface area contributed by atoms with Crippen molar-refractivity contribution in [3.63, 3.8) is 0 Å². The van der Waals surface area contributed by atoms with Gasteiger partial charge in [0.1, 0.15) is 0 Å². The molecule has 26 heavy (non-hydrogen) atoms. The van der Waals surface area contributed by atoms with Crippen LogP contribution in [0.4, 0.5) is 0 Å². The van der Waals surface area contributed by atoms with Crippen LogP contribution >= 0.6 is 11.8 Å². The molecule has 0 aromatic heterocycles. The molecule has 0 aliphatic rings. The van der Waals surface area contributed by atoms with E-state index in [1.165, 1.54) is 16.0 Å². The van der Waals surface area contributed by atoms with E-state index in [1.54, 1.807) is 0 Å². The fourth-order valence-electron chi connectivity index (χ4n) is 3.35. The number of aliphatic hydroxyl groups is 1. The van der Waals surface area contributed by atoms with Crippen molar-refractivity contribution in [3.8, 4) is 0 Å². The second-order valence-electron chi connectivity index (χ2n) is 7.30. The quantitative estimate of drug-likeness (QED) is 0.513. The Kier molecular flexibility index (Phi) is 5.85. The highest BCUT2D eigenvalue weighted by atomic mass is 32.2. The van der Waals surface area contributed by atoms with Crippen LogP contribution in [0, 0.1) is 6.92 Å². The lowest BCUT2D eigenvalue weighted by molar-refractivity contribution is 0.0486. The lowest BCUT2D eigenvalue weighted by atomic mass is 9.80. The van der Waals surface area contributed by atoms with Crippen molar-refractivity contribution in [1.82, 2.24) is 0 Å². The van der Waals surface area contributed by atoms with Gasteiger partial charge in [-0.3, -0.25) is 0 Å². The van der Waals surface area contributed by atoms with E-state index in [-0.39, 0.29) is 11.2 Å². The first-order valence-electron chi connectivity index (χ1n) is 9.01. The van der Waals surface area contributed by atoms with Crippen molar-refractivity contribution in [2.24, 2.45) is 0 Å². The highest BCUT2D eigenvalue weighted by molar-refractivity contribution is 7.99. The lowest BCUT2D eigenvalue weighted by Gasteiger charge is -2.36. The summed E-state index contributed by atoms with van der Waals surface area (Å²) >= 11 is 1.82. The normalized spacial score (nSPS) is 14.0. The predicted molar refractivity (Wildman–Crippen MR) is 112 cm³/mol. The van der Waals surface area contributed by atoms with Crippen molar-refractivity contribution in [2.75, 3.05) is 0 Å². The molecular formula is C24H26OS. The lowest BCUT2D eigenvalue weighted by Crippen LogP contribution is -2.32. The van der Waals surface area contributed by atoms with Crippen LogP contribution in [0.25, 0.3) is 0 Å². The third-order valence-corrected chi connectivity index (χ3v) is 5.98. The molecule has 0 heterocycles. The SMILES string of the molecule is Cc1ccc(S[C@H](c2ccccc2)[C@H](c2ccccc2)C(C)(C)O)cc1. The highest BCUT2D eigenvalue weighted by Gasteiger charge is 2.36. The molecule has 2 atom stereocenters. The zero-order valence-corrected chi connectivity index (χ0v) is 16.4. The Morgan fingerprint density at radius 3 is 1.73 bits per heavy atom. The summed E-state index contributed by atoms with van der Waals surface area (Å²) in [5.41, 5.74) is 2.80. The highest BCUT2D eigenvalue weighted by Crippen LogP contribution is 2.49. The van der Waals surface area contributed by atoms with Gasteiger partial charge in [-0.05, 0) is 44.0 Å². The van der Waals surface area contributed by atoms with Crippen LogP contribution in [-0.2, 0) is 0 Å². The van der Waals surface area contributed by atoms with Gasteiger partial charge in [0.15, 0.2) is 0 Å². The standard InChI is InChI=1S/C24H26OS/c1-18-14-16-21(17-15-18)26-23(20-12-8-5-9-13-20)22(24(2,3)25)19-10-6-4-7-11-19/h4-17,22-23,25H,1-3H3/t22-,23+/m0/s1. The summed E-state index contributed by atoms with van der Waals surface area (Å²) in [7, 11) is 0. The molecule has 3 rings (SSSR count). The molecule has 0 radical (unpaired) electrons. The van der Waals surface area contributed by atoms with Crippen molar-refractivity contribution >= 4 is 11.8 Å². The Balaban J connectivity index is 2.06. The number of benzene rings is 3. The largest absolute Gasteiger partial charge is 0.390 e. The summed E-state index contributed by atoms with van der Waals surface area (Å²) in [4.78, 5) is 1.22. The summed E-state index contributed by atoms with van der Waals surface area (Å²) < 4.78 is 0. The summed E-state index contributed by atoms with van der Waals surface area (Å²) in [5, 5.41) is 11.2. The van der Waals surface area contributed by atoms with Gasteiger partial charge >= 0.3 is 0 Å². The second-order valence-corrected chi connectivity index (χ2v) is 8.52. The van der Waals surface area contributed by atoms with E-state index in [4.69, 9.17) is 0 Å². The molecule has 3 aromatic carbocycles. The fraction of sp³-hybridized carbons (Fsp3) is 0.250. The van der Waals surface area contributed by atoms with E-state index in [9.17, 15) is 5.11 Å². The van der Waals surface area contributed by atoms with Crippen LogP contribution in [0.2, 0.25) is 0 Å². The van der Waals surface area contributed by atoms with Gasteiger partial charge in [0.25, 0.3) is 0 Å². The van der Waals surface area contributed by atoms with Gasteiger partial charge in [0.2, 0.25) is 0 Å². The molecule has 1 nitrogen and oxygen atoms in total. The Bertz CT molecular complexity index is 804. The first kappa shape index (κ1) is 18.8. The van der Waals surface area contributed by atoms with Crippen LogP contribution in [0.3, 0.4) is 0 Å². The average molecular weight is 363 g/mol. The van der Waals surface area contributed by atoms with Gasteiger partial charge in [-0.25, -0.2) is 0 Å². The Morgan fingerprint density at radius 1 is 0.731 bits per heavy atom. The maximum Gasteiger partial charge on any atom is 0.0674 e. The molecule has 0 aliphatic carbocycles. The molecule has 1 N–H and O–H groups in total. The van der Waals surface area contributed by atoms with Crippen LogP contribution in [0.5, 0.6) is 0 Å². The van der Waals surface area contributed by atoms with E-state index >= 15 is 0 Å². The number of rotatable bonds is 6. The smallest absolute Gasteiger partial charge is 0.0674 e. The van der Waals surface area contributed by atoms with Crippen molar-refractivity contribution in [3.05, 3.63) is 102 Å². The number of aryl methyl sites for hydroxylation is 1. The molecule has 2 heteroatoms. The van der Waals surface area contributed by atoms with Gasteiger partial charge in [-0.1, -0.05) is 78.4 Å². The Morgan fingerprint density at radius 2 is 1.23 bits per heavy atom. The molecule has 0 unspecified atom stereocenters. The number of hydrogen-bond donors (Lipinski definition) is 1. The maximum absolute atomic E-state index is 11.1. The van der Waals surface area contributed by atoms with Crippen molar-refractivity contribution in [1.29, 1.82) is 0 Å². The maximum atomic E-state index is 11.1. The molecule has 0 aliphatic heterocycles. The molecule has 3 aromatic rings. The molecule has 0 saturated heterocycles. The van der Waals surface area contributed by atoms with Crippen LogP contribution < -0.4 is 0 Å². The van der Waals surface area contributed by atoms with E-state index in [0.717, 1.165) is 5.56 Å². The zero-order valence-electron chi connectivity index (χ0n) is 15.6. The zero-order chi connectivity index (χ0) is 18.6. The molecular weight excluding hydrogens is 336 g/mol. The van der Waals surface area contributed by atoms with E-state index in [2.05, 4.69) is 67.6 Å². The molecule has 0 spiro atoms.